The number of hydrogen-bond acceptors (Lipinski definition) is 6. The Bertz CT molecular complexity index is 1350. The van der Waals surface area contributed by atoms with Gasteiger partial charge in [0.25, 0.3) is 0 Å². The number of amides is 2. The maximum Gasteiger partial charge on any atom is 0.405 e. The highest BCUT2D eigenvalue weighted by Crippen LogP contribution is 2.29. The molecule has 0 unspecified atom stereocenters. The number of benzene rings is 3. The van der Waals surface area contributed by atoms with Crippen molar-refractivity contribution in [2.75, 3.05) is 25.4 Å². The number of carboxylic acid groups (broad SMARTS) is 1. The largest absolute Gasteiger partial charge is 0.465 e. The van der Waals surface area contributed by atoms with Gasteiger partial charge in [-0.2, -0.15) is 4.31 Å². The van der Waals surface area contributed by atoms with Crippen LogP contribution in [0.2, 0.25) is 0 Å². The number of rotatable bonds is 15. The number of carbonyl (C=O) groups excluding carboxylic acids is 1. The average Bonchev–Trinajstić information content (AvgIpc) is 2.97. The second-order valence-electron chi connectivity index (χ2n) is 10.5. The van der Waals surface area contributed by atoms with E-state index >= 15 is 0 Å². The number of hydrogen-bond donors (Lipinski definition) is 5. The first-order valence-corrected chi connectivity index (χ1v) is 15.3. The third kappa shape index (κ3) is 8.78. The highest BCUT2D eigenvalue weighted by atomic mass is 32.2. The first kappa shape index (κ1) is 32.6. The van der Waals surface area contributed by atoms with Gasteiger partial charge in [0.2, 0.25) is 15.9 Å². The van der Waals surface area contributed by atoms with Crippen molar-refractivity contribution in [3.8, 4) is 0 Å². The molecule has 0 aliphatic carbocycles. The molecule has 0 spiro atoms. The van der Waals surface area contributed by atoms with Crippen molar-refractivity contribution in [2.45, 2.75) is 49.6 Å². The molecule has 6 N–H and O–H groups in total. The van der Waals surface area contributed by atoms with E-state index in [0.717, 1.165) is 11.1 Å². The fourth-order valence-electron chi connectivity index (χ4n) is 4.90. The first-order chi connectivity index (χ1) is 20.0. The van der Waals surface area contributed by atoms with Crippen molar-refractivity contribution >= 4 is 27.7 Å². The Labute approximate surface area is 247 Å². The summed E-state index contributed by atoms with van der Waals surface area (Å²) in [4.78, 5) is 25.3. The van der Waals surface area contributed by atoms with Gasteiger partial charge in [0, 0.05) is 30.7 Å². The second-order valence-corrected chi connectivity index (χ2v) is 12.4. The smallest absolute Gasteiger partial charge is 0.405 e. The van der Waals surface area contributed by atoms with Gasteiger partial charge in [0.05, 0.1) is 11.5 Å². The minimum Gasteiger partial charge on any atom is -0.465 e. The van der Waals surface area contributed by atoms with E-state index in [1.54, 1.807) is 0 Å². The maximum atomic E-state index is 13.5. The van der Waals surface area contributed by atoms with E-state index in [-0.39, 0.29) is 30.3 Å². The van der Waals surface area contributed by atoms with Crippen LogP contribution in [-0.2, 0) is 14.8 Å². The van der Waals surface area contributed by atoms with E-state index in [1.165, 1.54) is 28.6 Å². The van der Waals surface area contributed by atoms with Crippen molar-refractivity contribution in [1.82, 2.24) is 14.9 Å². The SMILES string of the molecule is CC(C)CN([C@H](CO)CCCNC(=O)[C@@H](NC(=O)O)C(c1ccccc1)c1ccccc1)S(=O)(=O)c1ccc(N)cc1. The molecule has 2 amide bonds. The number of nitrogens with two attached hydrogens (primary N) is 1. The summed E-state index contributed by atoms with van der Waals surface area (Å²) in [5.41, 5.74) is 7.72. The Balaban J connectivity index is 1.75. The lowest BCUT2D eigenvalue weighted by Gasteiger charge is -2.31. The summed E-state index contributed by atoms with van der Waals surface area (Å²) in [5.74, 6) is -1.09. The Morgan fingerprint density at radius 1 is 0.905 bits per heavy atom. The van der Waals surface area contributed by atoms with Crippen LogP contribution in [0.15, 0.2) is 89.8 Å². The van der Waals surface area contributed by atoms with Crippen molar-refractivity contribution < 1.29 is 28.2 Å². The van der Waals surface area contributed by atoms with Crippen LogP contribution in [0.3, 0.4) is 0 Å². The van der Waals surface area contributed by atoms with Gasteiger partial charge < -0.3 is 26.6 Å². The molecule has 10 nitrogen and oxygen atoms in total. The van der Waals surface area contributed by atoms with Crippen LogP contribution in [0, 0.1) is 5.92 Å². The quantitative estimate of drug-likeness (QED) is 0.132. The van der Waals surface area contributed by atoms with Crippen molar-refractivity contribution in [2.24, 2.45) is 5.92 Å². The molecule has 0 fully saturated rings. The third-order valence-corrected chi connectivity index (χ3v) is 8.81. The number of nitrogens with one attached hydrogen (secondary N) is 2. The van der Waals surface area contributed by atoms with Crippen molar-refractivity contribution in [1.29, 1.82) is 0 Å². The van der Waals surface area contributed by atoms with Crippen LogP contribution in [0.5, 0.6) is 0 Å². The second kappa shape index (κ2) is 15.3. The highest BCUT2D eigenvalue weighted by Gasteiger charge is 2.33. The number of sulfonamides is 1. The summed E-state index contributed by atoms with van der Waals surface area (Å²) in [6.45, 7) is 3.74. The molecule has 0 saturated heterocycles. The van der Waals surface area contributed by atoms with Crippen LogP contribution in [0.4, 0.5) is 10.5 Å². The molecule has 3 aromatic rings. The monoisotopic (exact) mass is 596 g/mol. The van der Waals surface area contributed by atoms with E-state index in [1.807, 2.05) is 74.5 Å². The van der Waals surface area contributed by atoms with Gasteiger partial charge >= 0.3 is 6.09 Å². The van der Waals surface area contributed by atoms with Gasteiger partial charge in [-0.3, -0.25) is 4.79 Å². The molecule has 0 aliphatic rings. The molecule has 0 radical (unpaired) electrons. The minimum absolute atomic E-state index is 0.00179. The number of aliphatic hydroxyl groups excluding tert-OH is 1. The molecule has 11 heteroatoms. The van der Waals surface area contributed by atoms with Crippen LogP contribution < -0.4 is 16.4 Å². The molecule has 0 saturated carbocycles. The van der Waals surface area contributed by atoms with Gasteiger partial charge in [-0.25, -0.2) is 13.2 Å². The standard InChI is InChI=1S/C31H40N4O6S/c1-22(2)20-35(42(40,41)27-17-15-25(32)16-18-27)26(21-36)14-9-19-33-30(37)29(34-31(38)39)28(23-10-5-3-6-11-23)24-12-7-4-8-13-24/h3-8,10-13,15-18,22,26,28-29,34,36H,9,14,19-21,32H2,1-2H3,(H,33,37)(H,38,39)/t26-,29-/m0/s1. The maximum absolute atomic E-state index is 13.5. The Morgan fingerprint density at radius 2 is 1.45 bits per heavy atom. The zero-order valence-corrected chi connectivity index (χ0v) is 24.7. The number of anilines is 1. The Kier molecular flexibility index (Phi) is 11.9. The lowest BCUT2D eigenvalue weighted by Crippen LogP contribution is -2.50. The lowest BCUT2D eigenvalue weighted by atomic mass is 9.84. The van der Waals surface area contributed by atoms with Crippen LogP contribution >= 0.6 is 0 Å². The lowest BCUT2D eigenvalue weighted by molar-refractivity contribution is -0.123. The predicted octanol–water partition coefficient (Wildman–Crippen LogP) is 3.64. The van der Waals surface area contributed by atoms with Crippen LogP contribution in [-0.4, -0.2) is 66.7 Å². The van der Waals surface area contributed by atoms with E-state index in [9.17, 15) is 28.2 Å². The first-order valence-electron chi connectivity index (χ1n) is 13.9. The zero-order valence-electron chi connectivity index (χ0n) is 23.9. The molecule has 3 aromatic carbocycles. The molecule has 42 heavy (non-hydrogen) atoms. The Hall–Kier alpha value is -3.93. The Morgan fingerprint density at radius 3 is 1.93 bits per heavy atom. The van der Waals surface area contributed by atoms with Gasteiger partial charge in [-0.15, -0.1) is 0 Å². The van der Waals surface area contributed by atoms with E-state index in [2.05, 4.69) is 10.6 Å². The molecule has 0 bridgehead atoms. The zero-order chi connectivity index (χ0) is 30.7. The number of carbonyl (C=O) groups is 2. The molecule has 2 atom stereocenters. The fraction of sp³-hybridized carbons (Fsp3) is 0.355. The summed E-state index contributed by atoms with van der Waals surface area (Å²) in [6, 6.07) is 22.5. The van der Waals surface area contributed by atoms with Crippen molar-refractivity contribution in [3.63, 3.8) is 0 Å². The summed E-state index contributed by atoms with van der Waals surface area (Å²) < 4.78 is 28.3. The fourth-order valence-corrected chi connectivity index (χ4v) is 6.71. The highest BCUT2D eigenvalue weighted by molar-refractivity contribution is 7.89. The number of nitrogen functional groups attached to an aromatic ring is 1. The molecular formula is C31H40N4O6S. The van der Waals surface area contributed by atoms with E-state index in [4.69, 9.17) is 5.73 Å². The van der Waals surface area contributed by atoms with E-state index < -0.39 is 46.6 Å². The predicted molar refractivity (Wildman–Crippen MR) is 162 cm³/mol. The summed E-state index contributed by atoms with van der Waals surface area (Å²) in [6.07, 6.45) is -0.705. The number of nitrogens with zero attached hydrogens (tertiary/aromatic N) is 1. The van der Waals surface area contributed by atoms with Gasteiger partial charge in [0.1, 0.15) is 6.04 Å². The molecular weight excluding hydrogens is 556 g/mol. The molecule has 0 aliphatic heterocycles. The normalized spacial score (nSPS) is 13.2. The molecule has 0 aromatic heterocycles. The summed E-state index contributed by atoms with van der Waals surface area (Å²) in [5, 5.41) is 25.0. The molecule has 226 valence electrons. The number of aliphatic hydroxyl groups is 1. The van der Waals surface area contributed by atoms with Crippen molar-refractivity contribution in [3.05, 3.63) is 96.1 Å². The third-order valence-electron chi connectivity index (χ3n) is 6.88. The van der Waals surface area contributed by atoms with Gasteiger partial charge in [0.15, 0.2) is 0 Å². The summed E-state index contributed by atoms with van der Waals surface area (Å²) >= 11 is 0. The van der Waals surface area contributed by atoms with E-state index in [0.29, 0.717) is 12.1 Å². The topological polar surface area (TPSA) is 162 Å². The van der Waals surface area contributed by atoms with Gasteiger partial charge in [-0.05, 0) is 54.2 Å². The summed E-state index contributed by atoms with van der Waals surface area (Å²) in [7, 11) is -3.92. The molecule has 3 rings (SSSR count). The minimum atomic E-state index is -3.92. The van der Waals surface area contributed by atoms with Crippen LogP contribution in [0.25, 0.3) is 0 Å². The van der Waals surface area contributed by atoms with Crippen LogP contribution in [0.1, 0.15) is 43.7 Å². The molecule has 0 heterocycles. The van der Waals surface area contributed by atoms with Gasteiger partial charge in [-0.1, -0.05) is 74.5 Å². The average molecular weight is 597 g/mol.